The van der Waals surface area contributed by atoms with Crippen molar-refractivity contribution >= 4 is 17.1 Å². The highest BCUT2D eigenvalue weighted by molar-refractivity contribution is 5.93. The van der Waals surface area contributed by atoms with Crippen LogP contribution in [0.5, 0.6) is 0 Å². The van der Waals surface area contributed by atoms with Crippen LogP contribution in [0.2, 0.25) is 0 Å². The average molecular weight is 906 g/mol. The SMILES string of the molecule is CC1(C)c2ccccc2-c2ccc(N(c3ccc(-c4ccc5c(c4)-c4ccccc4C5(c4ccccc4)c4cc(-c5ccccc5)cc(-c5ccccc5)c4)cc3)c3ccccc3-c3ccccc3)cc21. The first-order valence-electron chi connectivity index (χ1n) is 24.8. The molecule has 2 aliphatic carbocycles. The summed E-state index contributed by atoms with van der Waals surface area (Å²) in [6, 6.07) is 101. The van der Waals surface area contributed by atoms with Gasteiger partial charge in [-0.15, -0.1) is 0 Å². The molecule has 0 bridgehead atoms. The Morgan fingerprint density at radius 1 is 0.254 bits per heavy atom. The van der Waals surface area contributed by atoms with Gasteiger partial charge in [-0.2, -0.15) is 0 Å². The Morgan fingerprint density at radius 3 is 1.37 bits per heavy atom. The molecule has 0 aliphatic heterocycles. The molecule has 1 nitrogen and oxygen atoms in total. The molecular weight excluding hydrogens is 855 g/mol. The molecule has 0 fully saturated rings. The molecule has 13 rings (SSSR count). The molecule has 11 aromatic rings. The number of benzene rings is 11. The summed E-state index contributed by atoms with van der Waals surface area (Å²) in [7, 11) is 0. The van der Waals surface area contributed by atoms with Crippen molar-refractivity contribution in [2.75, 3.05) is 4.90 Å². The van der Waals surface area contributed by atoms with Crippen molar-refractivity contribution in [3.05, 3.63) is 306 Å². The number of para-hydroxylation sites is 1. The van der Waals surface area contributed by atoms with Crippen LogP contribution in [0, 0.1) is 0 Å². The molecule has 0 aromatic heterocycles. The zero-order valence-electron chi connectivity index (χ0n) is 39.9. The summed E-state index contributed by atoms with van der Waals surface area (Å²) in [5.74, 6) is 0. The highest BCUT2D eigenvalue weighted by Crippen LogP contribution is 2.58. The predicted molar refractivity (Wildman–Crippen MR) is 298 cm³/mol. The van der Waals surface area contributed by atoms with E-state index in [-0.39, 0.29) is 5.41 Å². The second-order valence-corrected chi connectivity index (χ2v) is 19.6. The lowest BCUT2D eigenvalue weighted by Gasteiger charge is -2.34. The van der Waals surface area contributed by atoms with Gasteiger partial charge in [-0.25, -0.2) is 0 Å². The maximum absolute atomic E-state index is 2.45. The predicted octanol–water partition coefficient (Wildman–Crippen LogP) is 18.5. The highest BCUT2D eigenvalue weighted by Gasteiger charge is 2.46. The molecule has 0 radical (unpaired) electrons. The van der Waals surface area contributed by atoms with Gasteiger partial charge in [0.1, 0.15) is 0 Å². The summed E-state index contributed by atoms with van der Waals surface area (Å²) in [6.45, 7) is 4.72. The molecule has 71 heavy (non-hydrogen) atoms. The van der Waals surface area contributed by atoms with Gasteiger partial charge in [0, 0.05) is 22.4 Å². The summed E-state index contributed by atoms with van der Waals surface area (Å²) in [5, 5.41) is 0. The summed E-state index contributed by atoms with van der Waals surface area (Å²) in [6.07, 6.45) is 0. The summed E-state index contributed by atoms with van der Waals surface area (Å²) in [5.41, 5.74) is 25.2. The first-order chi connectivity index (χ1) is 35.0. The zero-order valence-corrected chi connectivity index (χ0v) is 39.9. The van der Waals surface area contributed by atoms with Crippen LogP contribution in [0.15, 0.2) is 273 Å². The number of hydrogen-bond donors (Lipinski definition) is 0. The fourth-order valence-corrected chi connectivity index (χ4v) is 12.0. The van der Waals surface area contributed by atoms with Gasteiger partial charge in [-0.1, -0.05) is 232 Å². The van der Waals surface area contributed by atoms with E-state index in [0.29, 0.717) is 0 Å². The summed E-state index contributed by atoms with van der Waals surface area (Å²) in [4.78, 5) is 2.45. The van der Waals surface area contributed by atoms with E-state index in [1.165, 1.54) is 100 Å². The largest absolute Gasteiger partial charge is 0.310 e. The number of nitrogens with zero attached hydrogens (tertiary/aromatic N) is 1. The normalized spacial score (nSPS) is 14.8. The number of rotatable bonds is 9. The number of fused-ring (bicyclic) bond motifs is 6. The standard InChI is InChI=1S/C70H51N/c1-69(2)64-32-18-15-30-60(64)62-41-40-58(47-67(62)69)71(68-34-20-17-29-59(68)51-25-11-5-12-26-51)57-38-35-50(36-39-57)52-37-42-66-63(46-52)61-31-16-19-33-65(61)70(66,55-27-13-6-14-28-55)56-44-53(48-21-7-3-8-22-48)43-54(45-56)49-23-9-4-10-24-49/h3-47H,1-2H3. The van der Waals surface area contributed by atoms with Crippen LogP contribution in [0.3, 0.4) is 0 Å². The van der Waals surface area contributed by atoms with Gasteiger partial charge in [0.2, 0.25) is 0 Å². The van der Waals surface area contributed by atoms with Gasteiger partial charge in [0.05, 0.1) is 11.1 Å². The van der Waals surface area contributed by atoms with E-state index in [9.17, 15) is 0 Å². The van der Waals surface area contributed by atoms with E-state index >= 15 is 0 Å². The van der Waals surface area contributed by atoms with Gasteiger partial charge in [-0.05, 0) is 149 Å². The lowest BCUT2D eigenvalue weighted by atomic mass is 9.67. The van der Waals surface area contributed by atoms with E-state index in [0.717, 1.165) is 17.1 Å². The molecule has 2 aliphatic rings. The van der Waals surface area contributed by atoms with E-state index < -0.39 is 5.41 Å². The monoisotopic (exact) mass is 905 g/mol. The molecule has 0 saturated carbocycles. The number of anilines is 3. The third-order valence-corrected chi connectivity index (χ3v) is 15.3. The average Bonchev–Trinajstić information content (AvgIpc) is 3.87. The molecular formula is C70H51N. The van der Waals surface area contributed by atoms with Crippen molar-refractivity contribution in [2.24, 2.45) is 0 Å². The molecule has 1 unspecified atom stereocenters. The van der Waals surface area contributed by atoms with Crippen LogP contribution in [-0.4, -0.2) is 0 Å². The van der Waals surface area contributed by atoms with Gasteiger partial charge >= 0.3 is 0 Å². The Hall–Kier alpha value is -8.78. The Kier molecular flexibility index (Phi) is 10.1. The van der Waals surface area contributed by atoms with Crippen molar-refractivity contribution in [3.63, 3.8) is 0 Å². The van der Waals surface area contributed by atoms with Gasteiger partial charge < -0.3 is 4.90 Å². The Labute approximate surface area is 417 Å². The Morgan fingerprint density at radius 2 is 0.718 bits per heavy atom. The summed E-state index contributed by atoms with van der Waals surface area (Å²) >= 11 is 0. The first-order valence-corrected chi connectivity index (χ1v) is 24.8. The minimum Gasteiger partial charge on any atom is -0.310 e. The quantitative estimate of drug-likeness (QED) is 0.139. The lowest BCUT2D eigenvalue weighted by molar-refractivity contribution is 0.660. The molecule has 0 heterocycles. The number of hydrogen-bond acceptors (Lipinski definition) is 1. The van der Waals surface area contributed by atoms with Crippen molar-refractivity contribution in [2.45, 2.75) is 24.7 Å². The van der Waals surface area contributed by atoms with E-state index in [2.05, 4.69) is 292 Å². The molecule has 0 saturated heterocycles. The smallest absolute Gasteiger partial charge is 0.0714 e. The third-order valence-electron chi connectivity index (χ3n) is 15.3. The van der Waals surface area contributed by atoms with Gasteiger partial charge in [0.25, 0.3) is 0 Å². The first kappa shape index (κ1) is 42.3. The fraction of sp³-hybridized carbons (Fsp3) is 0.0571. The van der Waals surface area contributed by atoms with Crippen molar-refractivity contribution < 1.29 is 0 Å². The molecule has 0 amide bonds. The second-order valence-electron chi connectivity index (χ2n) is 19.6. The maximum atomic E-state index is 2.45. The lowest BCUT2D eigenvalue weighted by Crippen LogP contribution is -2.28. The molecule has 0 spiro atoms. The second kappa shape index (κ2) is 17.0. The Balaban J connectivity index is 0.961. The van der Waals surface area contributed by atoms with Crippen LogP contribution in [-0.2, 0) is 10.8 Å². The van der Waals surface area contributed by atoms with Crippen LogP contribution in [0.4, 0.5) is 17.1 Å². The van der Waals surface area contributed by atoms with Crippen molar-refractivity contribution in [3.8, 4) is 66.8 Å². The minimum absolute atomic E-state index is 0.129. The Bertz CT molecular complexity index is 3700. The third kappa shape index (κ3) is 6.91. The zero-order chi connectivity index (χ0) is 47.5. The van der Waals surface area contributed by atoms with Crippen LogP contribution in [0.25, 0.3) is 66.8 Å². The van der Waals surface area contributed by atoms with E-state index in [1.807, 2.05) is 0 Å². The maximum Gasteiger partial charge on any atom is 0.0714 e. The molecule has 1 atom stereocenters. The molecule has 0 N–H and O–H groups in total. The van der Waals surface area contributed by atoms with Crippen LogP contribution in [0.1, 0.15) is 47.2 Å². The van der Waals surface area contributed by atoms with E-state index in [4.69, 9.17) is 0 Å². The fourth-order valence-electron chi connectivity index (χ4n) is 12.0. The van der Waals surface area contributed by atoms with Crippen molar-refractivity contribution in [1.82, 2.24) is 0 Å². The molecule has 1 heteroatoms. The molecule has 336 valence electrons. The van der Waals surface area contributed by atoms with Gasteiger partial charge in [0.15, 0.2) is 0 Å². The highest BCUT2D eigenvalue weighted by atomic mass is 15.1. The van der Waals surface area contributed by atoms with Gasteiger partial charge in [-0.3, -0.25) is 0 Å². The van der Waals surface area contributed by atoms with Crippen LogP contribution < -0.4 is 4.90 Å². The summed E-state index contributed by atoms with van der Waals surface area (Å²) < 4.78 is 0. The van der Waals surface area contributed by atoms with Crippen LogP contribution >= 0.6 is 0 Å². The van der Waals surface area contributed by atoms with E-state index in [1.54, 1.807) is 0 Å². The van der Waals surface area contributed by atoms with Crippen molar-refractivity contribution in [1.29, 1.82) is 0 Å². The minimum atomic E-state index is -0.567. The molecule has 11 aromatic carbocycles. The topological polar surface area (TPSA) is 3.24 Å².